The molecule has 0 N–H and O–H groups in total. The molecule has 0 atom stereocenters. The molecule has 1 saturated heterocycles. The lowest BCUT2D eigenvalue weighted by molar-refractivity contribution is 0.111. The van der Waals surface area contributed by atoms with Crippen molar-refractivity contribution in [2.24, 2.45) is 4.99 Å². The average Bonchev–Trinajstić information content (AvgIpc) is 3.09. The highest BCUT2D eigenvalue weighted by Gasteiger charge is 2.17. The fourth-order valence-corrected chi connectivity index (χ4v) is 4.16. The molecule has 0 radical (unpaired) electrons. The van der Waals surface area contributed by atoms with Crippen molar-refractivity contribution in [2.45, 2.75) is 20.8 Å². The van der Waals surface area contributed by atoms with Crippen molar-refractivity contribution in [1.29, 1.82) is 0 Å². The third-order valence-electron chi connectivity index (χ3n) is 5.02. The first-order chi connectivity index (χ1) is 13.1. The van der Waals surface area contributed by atoms with Crippen molar-refractivity contribution < 1.29 is 4.74 Å². The summed E-state index contributed by atoms with van der Waals surface area (Å²) in [6, 6.07) is 15.1. The van der Waals surface area contributed by atoms with E-state index in [2.05, 4.69) is 78.3 Å². The molecule has 0 amide bonds. The predicted molar refractivity (Wildman–Crippen MR) is 123 cm³/mol. The molecular weight excluding hydrogens is 434 g/mol. The topological polar surface area (TPSA) is 29.8 Å². The molecule has 2 aromatic carbocycles. The predicted octanol–water partition coefficient (Wildman–Crippen LogP) is 4.92. The second kappa shape index (κ2) is 9.07. The minimum absolute atomic E-state index is 0. The molecule has 1 aliphatic rings. The molecule has 0 saturated carbocycles. The van der Waals surface area contributed by atoms with Gasteiger partial charge in [-0.2, -0.15) is 0 Å². The number of thiazole rings is 1. The van der Waals surface area contributed by atoms with Crippen LogP contribution in [0.3, 0.4) is 0 Å². The zero-order chi connectivity index (χ0) is 18.8. The van der Waals surface area contributed by atoms with Crippen LogP contribution in [-0.2, 0) is 4.74 Å². The Kier molecular flexibility index (Phi) is 6.75. The SMILES string of the molecule is Br.Cc1ccc(-c2csc(=Nc3ccc(C)c(C)c3)n2N2CCOCC2)cc1. The van der Waals surface area contributed by atoms with Crippen molar-refractivity contribution in [3.05, 3.63) is 69.3 Å². The van der Waals surface area contributed by atoms with Gasteiger partial charge in [0.25, 0.3) is 0 Å². The van der Waals surface area contributed by atoms with Crippen LogP contribution in [0.5, 0.6) is 0 Å². The van der Waals surface area contributed by atoms with Crippen molar-refractivity contribution in [2.75, 3.05) is 31.3 Å². The summed E-state index contributed by atoms with van der Waals surface area (Å²) in [4.78, 5) is 5.98. The Balaban J connectivity index is 0.00000225. The van der Waals surface area contributed by atoms with Crippen LogP contribution >= 0.6 is 28.3 Å². The van der Waals surface area contributed by atoms with E-state index in [1.807, 2.05) is 0 Å². The van der Waals surface area contributed by atoms with Crippen molar-refractivity contribution in [3.63, 3.8) is 0 Å². The molecule has 0 bridgehead atoms. The van der Waals surface area contributed by atoms with Gasteiger partial charge in [-0.15, -0.1) is 28.3 Å². The molecule has 0 spiro atoms. The second-order valence-electron chi connectivity index (χ2n) is 7.03. The molecule has 1 aliphatic heterocycles. The van der Waals surface area contributed by atoms with Gasteiger partial charge >= 0.3 is 0 Å². The van der Waals surface area contributed by atoms with E-state index in [9.17, 15) is 0 Å². The average molecular weight is 460 g/mol. The van der Waals surface area contributed by atoms with Crippen molar-refractivity contribution in [3.8, 4) is 11.3 Å². The standard InChI is InChI=1S/C22H25N3OS.BrH/c1-16-4-7-19(8-5-16)21-15-27-22(25(21)24-10-12-26-13-11-24)23-20-9-6-17(2)18(3)14-20;/h4-9,14-15H,10-13H2,1-3H3;1H. The van der Waals surface area contributed by atoms with Crippen molar-refractivity contribution in [1.82, 2.24) is 4.68 Å². The highest BCUT2D eigenvalue weighted by atomic mass is 79.9. The van der Waals surface area contributed by atoms with Crippen LogP contribution in [0.15, 0.2) is 52.8 Å². The Morgan fingerprint density at radius 2 is 1.64 bits per heavy atom. The van der Waals surface area contributed by atoms with E-state index < -0.39 is 0 Å². The van der Waals surface area contributed by atoms with Gasteiger partial charge in [0.05, 0.1) is 37.7 Å². The van der Waals surface area contributed by atoms with E-state index in [0.29, 0.717) is 0 Å². The van der Waals surface area contributed by atoms with E-state index in [1.54, 1.807) is 11.3 Å². The Hall–Kier alpha value is -1.89. The van der Waals surface area contributed by atoms with E-state index in [0.717, 1.165) is 36.8 Å². The van der Waals surface area contributed by atoms with Crippen LogP contribution < -0.4 is 9.81 Å². The third-order valence-corrected chi connectivity index (χ3v) is 5.83. The molecule has 6 heteroatoms. The zero-order valence-electron chi connectivity index (χ0n) is 16.5. The summed E-state index contributed by atoms with van der Waals surface area (Å²) < 4.78 is 7.83. The number of nitrogens with zero attached hydrogens (tertiary/aromatic N) is 3. The van der Waals surface area contributed by atoms with E-state index >= 15 is 0 Å². The highest BCUT2D eigenvalue weighted by Crippen LogP contribution is 2.23. The number of morpholine rings is 1. The molecule has 148 valence electrons. The summed E-state index contributed by atoms with van der Waals surface area (Å²) in [5.74, 6) is 0. The molecule has 4 rings (SSSR count). The minimum atomic E-state index is 0. The van der Waals surface area contributed by atoms with Crippen LogP contribution in [-0.4, -0.2) is 31.0 Å². The fraction of sp³-hybridized carbons (Fsp3) is 0.318. The smallest absolute Gasteiger partial charge is 0.209 e. The largest absolute Gasteiger partial charge is 0.378 e. The van der Waals surface area contributed by atoms with Gasteiger partial charge in [-0.1, -0.05) is 35.9 Å². The van der Waals surface area contributed by atoms with E-state index in [-0.39, 0.29) is 17.0 Å². The van der Waals surface area contributed by atoms with Gasteiger partial charge in [0.1, 0.15) is 0 Å². The van der Waals surface area contributed by atoms with Crippen LogP contribution in [0.4, 0.5) is 5.69 Å². The lowest BCUT2D eigenvalue weighted by Gasteiger charge is -2.31. The zero-order valence-corrected chi connectivity index (χ0v) is 19.0. The summed E-state index contributed by atoms with van der Waals surface area (Å²) >= 11 is 1.69. The number of aromatic nitrogens is 1. The van der Waals surface area contributed by atoms with Crippen LogP contribution in [0.2, 0.25) is 0 Å². The first kappa shape index (κ1) is 20.8. The number of rotatable bonds is 3. The second-order valence-corrected chi connectivity index (χ2v) is 7.86. The number of benzene rings is 2. The summed E-state index contributed by atoms with van der Waals surface area (Å²) in [5.41, 5.74) is 7.23. The van der Waals surface area contributed by atoms with Gasteiger partial charge in [-0.25, -0.2) is 9.67 Å². The first-order valence-corrected chi connectivity index (χ1v) is 10.2. The van der Waals surface area contributed by atoms with Gasteiger partial charge in [0.2, 0.25) is 4.80 Å². The number of hydrogen-bond acceptors (Lipinski definition) is 4. The lowest BCUT2D eigenvalue weighted by atomic mass is 10.1. The Labute approximate surface area is 180 Å². The van der Waals surface area contributed by atoms with Crippen LogP contribution in [0, 0.1) is 20.8 Å². The summed E-state index contributed by atoms with van der Waals surface area (Å²) in [6.07, 6.45) is 0. The molecule has 28 heavy (non-hydrogen) atoms. The number of halogens is 1. The Bertz CT molecular complexity index is 1000. The van der Waals surface area contributed by atoms with E-state index in [1.165, 1.54) is 27.9 Å². The molecule has 4 nitrogen and oxygen atoms in total. The summed E-state index contributed by atoms with van der Waals surface area (Å²) in [6.45, 7) is 9.63. The number of ether oxygens (including phenoxy) is 1. The molecule has 0 aliphatic carbocycles. The summed E-state index contributed by atoms with van der Waals surface area (Å²) in [7, 11) is 0. The minimum Gasteiger partial charge on any atom is -0.378 e. The first-order valence-electron chi connectivity index (χ1n) is 9.34. The quantitative estimate of drug-likeness (QED) is 0.556. The van der Waals surface area contributed by atoms with Gasteiger partial charge in [0, 0.05) is 10.9 Å². The van der Waals surface area contributed by atoms with Crippen LogP contribution in [0.1, 0.15) is 16.7 Å². The number of aryl methyl sites for hydroxylation is 3. The maximum absolute atomic E-state index is 5.56. The fourth-order valence-electron chi connectivity index (χ4n) is 3.23. The van der Waals surface area contributed by atoms with Crippen LogP contribution in [0.25, 0.3) is 11.3 Å². The molecule has 2 heterocycles. The molecule has 1 fully saturated rings. The maximum Gasteiger partial charge on any atom is 0.209 e. The van der Waals surface area contributed by atoms with Gasteiger partial charge in [0.15, 0.2) is 0 Å². The molecule has 1 aromatic heterocycles. The number of hydrogen-bond donors (Lipinski definition) is 0. The highest BCUT2D eigenvalue weighted by molar-refractivity contribution is 8.93. The lowest BCUT2D eigenvalue weighted by Crippen LogP contribution is -2.48. The van der Waals surface area contributed by atoms with E-state index in [4.69, 9.17) is 9.73 Å². The summed E-state index contributed by atoms with van der Waals surface area (Å²) in [5, 5.41) is 4.55. The maximum atomic E-state index is 5.56. The molecule has 0 unspecified atom stereocenters. The Morgan fingerprint density at radius 1 is 0.929 bits per heavy atom. The normalized spacial score (nSPS) is 14.8. The third kappa shape index (κ3) is 4.40. The molecule has 3 aromatic rings. The monoisotopic (exact) mass is 459 g/mol. The van der Waals surface area contributed by atoms with Crippen molar-refractivity contribution >= 4 is 34.0 Å². The van der Waals surface area contributed by atoms with Gasteiger partial charge in [-0.05, 0) is 44.0 Å². The molecular formula is C22H26BrN3OS. The van der Waals surface area contributed by atoms with Gasteiger partial charge < -0.3 is 9.75 Å². The van der Waals surface area contributed by atoms with Gasteiger partial charge in [-0.3, -0.25) is 0 Å². The Morgan fingerprint density at radius 3 is 2.32 bits per heavy atom.